The summed E-state index contributed by atoms with van der Waals surface area (Å²) in [6, 6.07) is 5.79. The van der Waals surface area contributed by atoms with E-state index in [0.29, 0.717) is 5.75 Å². The second-order valence-electron chi connectivity index (χ2n) is 3.36. The van der Waals surface area contributed by atoms with Crippen LogP contribution in [0.2, 0.25) is 0 Å². The number of anilines is 1. The molecule has 0 saturated carbocycles. The van der Waals surface area contributed by atoms with Gasteiger partial charge < -0.3 is 14.8 Å². The number of carbonyl (C=O) groups is 1. The first-order chi connectivity index (χ1) is 7.29. The Morgan fingerprint density at radius 2 is 2.40 bits per heavy atom. The first kappa shape index (κ1) is 9.83. The van der Waals surface area contributed by atoms with E-state index >= 15 is 0 Å². The van der Waals surface area contributed by atoms with Crippen molar-refractivity contribution in [2.45, 2.75) is 6.42 Å². The van der Waals surface area contributed by atoms with Gasteiger partial charge in [-0.3, -0.25) is 0 Å². The highest BCUT2D eigenvalue weighted by Crippen LogP contribution is 2.26. The fourth-order valence-corrected chi connectivity index (χ4v) is 1.56. The maximum Gasteiger partial charge on any atom is 0.343 e. The van der Waals surface area contributed by atoms with Gasteiger partial charge in [0.15, 0.2) is 6.61 Å². The summed E-state index contributed by atoms with van der Waals surface area (Å²) >= 11 is 0. The lowest BCUT2D eigenvalue weighted by Crippen LogP contribution is -2.12. The molecule has 4 nitrogen and oxygen atoms in total. The van der Waals surface area contributed by atoms with Gasteiger partial charge in [-0.1, -0.05) is 6.07 Å². The topological polar surface area (TPSA) is 47.6 Å². The fraction of sp³-hybridized carbons (Fsp3) is 0.364. The zero-order chi connectivity index (χ0) is 10.7. The molecule has 15 heavy (non-hydrogen) atoms. The van der Waals surface area contributed by atoms with Crippen molar-refractivity contribution in [2.75, 3.05) is 25.6 Å². The van der Waals surface area contributed by atoms with Gasteiger partial charge in [0.2, 0.25) is 0 Å². The molecule has 1 aliphatic heterocycles. The number of ether oxygens (including phenoxy) is 2. The molecular formula is C11H13NO3. The van der Waals surface area contributed by atoms with Crippen LogP contribution in [0.25, 0.3) is 0 Å². The minimum absolute atomic E-state index is 0.0463. The zero-order valence-electron chi connectivity index (χ0n) is 8.58. The van der Waals surface area contributed by atoms with Gasteiger partial charge in [-0.05, 0) is 18.1 Å². The van der Waals surface area contributed by atoms with Crippen molar-refractivity contribution in [3.05, 3.63) is 23.8 Å². The third-order valence-corrected chi connectivity index (χ3v) is 2.38. The number of benzene rings is 1. The number of hydrogen-bond donors (Lipinski definition) is 1. The van der Waals surface area contributed by atoms with Crippen LogP contribution < -0.4 is 10.1 Å². The number of fused-ring (bicyclic) bond motifs is 1. The van der Waals surface area contributed by atoms with Gasteiger partial charge in [0.25, 0.3) is 0 Å². The summed E-state index contributed by atoms with van der Waals surface area (Å²) in [5.41, 5.74) is 2.39. The molecule has 2 rings (SSSR count). The number of methoxy groups -OCH3 is 1. The van der Waals surface area contributed by atoms with E-state index in [0.717, 1.165) is 18.7 Å². The Kier molecular flexibility index (Phi) is 2.76. The van der Waals surface area contributed by atoms with Gasteiger partial charge in [-0.25, -0.2) is 4.79 Å². The Morgan fingerprint density at radius 3 is 3.20 bits per heavy atom. The summed E-state index contributed by atoms with van der Waals surface area (Å²) in [6.45, 7) is 0.922. The molecule has 0 fully saturated rings. The molecule has 0 bridgehead atoms. The molecule has 1 aromatic carbocycles. The molecular weight excluding hydrogens is 194 g/mol. The van der Waals surface area contributed by atoms with Crippen LogP contribution in [-0.2, 0) is 16.0 Å². The zero-order valence-corrected chi connectivity index (χ0v) is 8.58. The van der Waals surface area contributed by atoms with E-state index in [1.807, 2.05) is 18.2 Å². The predicted octanol–water partition coefficient (Wildman–Crippen LogP) is 1.21. The van der Waals surface area contributed by atoms with Crippen molar-refractivity contribution in [1.82, 2.24) is 0 Å². The Morgan fingerprint density at radius 1 is 1.53 bits per heavy atom. The minimum atomic E-state index is -0.372. The van der Waals surface area contributed by atoms with Gasteiger partial charge >= 0.3 is 5.97 Å². The van der Waals surface area contributed by atoms with Gasteiger partial charge in [-0.2, -0.15) is 0 Å². The van der Waals surface area contributed by atoms with Crippen LogP contribution in [0.4, 0.5) is 5.69 Å². The van der Waals surface area contributed by atoms with E-state index in [-0.39, 0.29) is 12.6 Å². The molecule has 0 radical (unpaired) electrons. The number of nitrogens with one attached hydrogen (secondary N) is 1. The first-order valence-electron chi connectivity index (χ1n) is 4.86. The largest absolute Gasteiger partial charge is 0.482 e. The molecule has 0 aromatic heterocycles. The molecule has 0 spiro atoms. The Balaban J connectivity index is 2.01. The lowest BCUT2D eigenvalue weighted by atomic mass is 10.1. The molecule has 1 heterocycles. The van der Waals surface area contributed by atoms with E-state index < -0.39 is 0 Å². The van der Waals surface area contributed by atoms with Crippen molar-refractivity contribution in [2.24, 2.45) is 0 Å². The Bertz CT molecular complexity index is 376. The maximum absolute atomic E-state index is 10.9. The highest BCUT2D eigenvalue weighted by atomic mass is 16.6. The number of rotatable bonds is 3. The van der Waals surface area contributed by atoms with Crippen LogP contribution in [0.15, 0.2) is 18.2 Å². The van der Waals surface area contributed by atoms with E-state index in [2.05, 4.69) is 10.1 Å². The van der Waals surface area contributed by atoms with Crippen molar-refractivity contribution < 1.29 is 14.3 Å². The fourth-order valence-electron chi connectivity index (χ4n) is 1.56. The molecule has 1 aliphatic rings. The summed E-state index contributed by atoms with van der Waals surface area (Å²) < 4.78 is 9.75. The van der Waals surface area contributed by atoms with E-state index in [1.165, 1.54) is 12.7 Å². The van der Waals surface area contributed by atoms with Crippen LogP contribution in [0.1, 0.15) is 5.56 Å². The van der Waals surface area contributed by atoms with E-state index in [9.17, 15) is 4.79 Å². The number of carbonyl (C=O) groups excluding carboxylic acids is 1. The Hall–Kier alpha value is -1.71. The monoisotopic (exact) mass is 207 g/mol. The molecule has 0 atom stereocenters. The Labute approximate surface area is 88.2 Å². The van der Waals surface area contributed by atoms with E-state index in [4.69, 9.17) is 4.74 Å². The molecule has 0 amide bonds. The summed E-state index contributed by atoms with van der Waals surface area (Å²) in [5.74, 6) is 0.317. The van der Waals surface area contributed by atoms with Crippen molar-refractivity contribution in [3.63, 3.8) is 0 Å². The number of esters is 1. The van der Waals surface area contributed by atoms with Gasteiger partial charge in [0.1, 0.15) is 5.75 Å². The standard InChI is InChI=1S/C11H13NO3/c1-14-11(13)7-15-9-3-2-8-4-5-12-10(8)6-9/h2-3,6,12H,4-5,7H2,1H3. The second-order valence-corrected chi connectivity index (χ2v) is 3.36. The highest BCUT2D eigenvalue weighted by molar-refractivity contribution is 5.71. The van der Waals surface area contributed by atoms with Crippen molar-refractivity contribution in [3.8, 4) is 5.75 Å². The second kappa shape index (κ2) is 4.21. The molecule has 0 aliphatic carbocycles. The van der Waals surface area contributed by atoms with E-state index in [1.54, 1.807) is 0 Å². The normalized spacial score (nSPS) is 12.9. The quantitative estimate of drug-likeness (QED) is 0.757. The van der Waals surface area contributed by atoms with Crippen LogP contribution in [0, 0.1) is 0 Å². The van der Waals surface area contributed by atoms with Crippen LogP contribution in [-0.4, -0.2) is 26.2 Å². The van der Waals surface area contributed by atoms with Crippen LogP contribution in [0.5, 0.6) is 5.75 Å². The van der Waals surface area contributed by atoms with Crippen LogP contribution in [0.3, 0.4) is 0 Å². The van der Waals surface area contributed by atoms with Crippen LogP contribution >= 0.6 is 0 Å². The van der Waals surface area contributed by atoms with Gasteiger partial charge in [0.05, 0.1) is 7.11 Å². The van der Waals surface area contributed by atoms with Crippen molar-refractivity contribution >= 4 is 11.7 Å². The third-order valence-electron chi connectivity index (χ3n) is 2.38. The molecule has 1 aromatic rings. The summed E-state index contributed by atoms with van der Waals surface area (Å²) in [4.78, 5) is 10.9. The molecule has 0 saturated heterocycles. The maximum atomic E-state index is 10.9. The summed E-state index contributed by atoms with van der Waals surface area (Å²) in [5, 5.41) is 3.25. The molecule has 1 N–H and O–H groups in total. The SMILES string of the molecule is COC(=O)COc1ccc2c(c1)NCC2. The molecule has 4 heteroatoms. The lowest BCUT2D eigenvalue weighted by Gasteiger charge is -2.06. The molecule has 0 unspecified atom stereocenters. The minimum Gasteiger partial charge on any atom is -0.482 e. The smallest absolute Gasteiger partial charge is 0.343 e. The summed E-state index contributed by atoms with van der Waals surface area (Å²) in [6.07, 6.45) is 1.05. The average Bonchev–Trinajstić information content (AvgIpc) is 2.72. The highest BCUT2D eigenvalue weighted by Gasteiger charge is 2.10. The third kappa shape index (κ3) is 2.21. The molecule has 80 valence electrons. The summed E-state index contributed by atoms with van der Waals surface area (Å²) in [7, 11) is 1.34. The lowest BCUT2D eigenvalue weighted by molar-refractivity contribution is -0.142. The van der Waals surface area contributed by atoms with Gasteiger partial charge in [0, 0.05) is 18.3 Å². The van der Waals surface area contributed by atoms with Gasteiger partial charge in [-0.15, -0.1) is 0 Å². The first-order valence-corrected chi connectivity index (χ1v) is 4.86. The predicted molar refractivity (Wildman–Crippen MR) is 56.1 cm³/mol. The van der Waals surface area contributed by atoms with Crippen molar-refractivity contribution in [1.29, 1.82) is 0 Å². The average molecular weight is 207 g/mol. The number of hydrogen-bond acceptors (Lipinski definition) is 4.